The van der Waals surface area contributed by atoms with Gasteiger partial charge in [-0.3, -0.25) is 4.68 Å². The Hall–Kier alpha value is -1.32. The van der Waals surface area contributed by atoms with E-state index in [0.717, 1.165) is 25.8 Å². The Morgan fingerprint density at radius 1 is 1.57 bits per heavy atom. The van der Waals surface area contributed by atoms with Gasteiger partial charge in [0.15, 0.2) is 0 Å². The lowest BCUT2D eigenvalue weighted by molar-refractivity contribution is 0.0696. The Labute approximate surface area is 83.5 Å². The van der Waals surface area contributed by atoms with Crippen LogP contribution in [0.1, 0.15) is 42.2 Å². The normalized spacial score (nSPS) is 10.4. The molecule has 1 N–H and O–H groups in total. The Morgan fingerprint density at radius 2 is 2.29 bits per heavy atom. The maximum absolute atomic E-state index is 10.7. The maximum Gasteiger partial charge on any atom is 0.339 e. The molecule has 0 aliphatic carbocycles. The second-order valence-corrected chi connectivity index (χ2v) is 3.40. The second kappa shape index (κ2) is 4.79. The molecule has 0 spiro atoms. The number of aryl methyl sites for hydroxylation is 2. The topological polar surface area (TPSA) is 55.1 Å². The molecular formula is C10H16N2O2. The van der Waals surface area contributed by atoms with E-state index in [1.807, 2.05) is 0 Å². The summed E-state index contributed by atoms with van der Waals surface area (Å²) in [7, 11) is 0. The molecule has 4 heteroatoms. The smallest absolute Gasteiger partial charge is 0.339 e. The van der Waals surface area contributed by atoms with Crippen molar-refractivity contribution in [2.24, 2.45) is 0 Å². The zero-order chi connectivity index (χ0) is 10.6. The van der Waals surface area contributed by atoms with Crippen LogP contribution in [-0.4, -0.2) is 20.9 Å². The van der Waals surface area contributed by atoms with Crippen LogP contribution in [0.3, 0.4) is 0 Å². The van der Waals surface area contributed by atoms with Crippen LogP contribution in [0.4, 0.5) is 0 Å². The number of rotatable bonds is 5. The standard InChI is InChI=1S/C10H16N2O2/c1-3-4-5-6-12-7-9(10(13)14)8(2)11-12/h7H,3-6H2,1-2H3,(H,13,14). The number of carbonyl (C=O) groups is 1. The van der Waals surface area contributed by atoms with Crippen molar-refractivity contribution in [2.45, 2.75) is 39.7 Å². The first kappa shape index (κ1) is 10.8. The molecule has 0 bridgehead atoms. The van der Waals surface area contributed by atoms with Gasteiger partial charge in [0.05, 0.1) is 5.69 Å². The minimum absolute atomic E-state index is 0.307. The largest absolute Gasteiger partial charge is 0.478 e. The van der Waals surface area contributed by atoms with Gasteiger partial charge in [0, 0.05) is 12.7 Å². The zero-order valence-electron chi connectivity index (χ0n) is 8.66. The van der Waals surface area contributed by atoms with Crippen LogP contribution >= 0.6 is 0 Å². The monoisotopic (exact) mass is 196 g/mol. The molecule has 0 aliphatic heterocycles. The van der Waals surface area contributed by atoms with Gasteiger partial charge in [0.2, 0.25) is 0 Å². The van der Waals surface area contributed by atoms with E-state index in [-0.39, 0.29) is 0 Å². The lowest BCUT2D eigenvalue weighted by Crippen LogP contribution is -1.98. The van der Waals surface area contributed by atoms with Gasteiger partial charge in [-0.2, -0.15) is 5.10 Å². The summed E-state index contributed by atoms with van der Waals surface area (Å²) in [6.07, 6.45) is 4.97. The summed E-state index contributed by atoms with van der Waals surface area (Å²) in [4.78, 5) is 10.7. The fourth-order valence-corrected chi connectivity index (χ4v) is 1.37. The van der Waals surface area contributed by atoms with Crippen LogP contribution in [0.25, 0.3) is 0 Å². The van der Waals surface area contributed by atoms with Crippen LogP contribution in [0.5, 0.6) is 0 Å². The van der Waals surface area contributed by atoms with E-state index in [0.29, 0.717) is 11.3 Å². The summed E-state index contributed by atoms with van der Waals surface area (Å²) < 4.78 is 1.72. The number of aromatic nitrogens is 2. The lowest BCUT2D eigenvalue weighted by Gasteiger charge is -1.98. The molecule has 0 unspecified atom stereocenters. The Balaban J connectivity index is 2.62. The van der Waals surface area contributed by atoms with Crippen molar-refractivity contribution >= 4 is 5.97 Å². The second-order valence-electron chi connectivity index (χ2n) is 3.40. The Kier molecular flexibility index (Phi) is 3.68. The van der Waals surface area contributed by atoms with Gasteiger partial charge >= 0.3 is 5.97 Å². The molecule has 1 aromatic heterocycles. The van der Waals surface area contributed by atoms with Crippen molar-refractivity contribution in [2.75, 3.05) is 0 Å². The third kappa shape index (κ3) is 2.58. The maximum atomic E-state index is 10.7. The quantitative estimate of drug-likeness (QED) is 0.733. The van der Waals surface area contributed by atoms with Crippen molar-refractivity contribution in [3.63, 3.8) is 0 Å². The average Bonchev–Trinajstić information content (AvgIpc) is 2.47. The summed E-state index contributed by atoms with van der Waals surface area (Å²) >= 11 is 0. The number of aromatic carboxylic acids is 1. The van der Waals surface area contributed by atoms with Crippen LogP contribution in [0, 0.1) is 6.92 Å². The average molecular weight is 196 g/mol. The van der Waals surface area contributed by atoms with E-state index in [4.69, 9.17) is 5.11 Å². The SMILES string of the molecule is CCCCCn1cc(C(=O)O)c(C)n1. The third-order valence-corrected chi connectivity index (χ3v) is 2.17. The molecule has 0 atom stereocenters. The first-order valence-electron chi connectivity index (χ1n) is 4.92. The summed E-state index contributed by atoms with van der Waals surface area (Å²) in [5.41, 5.74) is 0.899. The molecule has 1 heterocycles. The van der Waals surface area contributed by atoms with Gasteiger partial charge < -0.3 is 5.11 Å². The summed E-state index contributed by atoms with van der Waals surface area (Å²) in [6.45, 7) is 4.67. The van der Waals surface area contributed by atoms with Gasteiger partial charge in [-0.15, -0.1) is 0 Å². The fourth-order valence-electron chi connectivity index (χ4n) is 1.37. The molecule has 0 radical (unpaired) electrons. The molecule has 1 aromatic rings. The highest BCUT2D eigenvalue weighted by Gasteiger charge is 2.10. The van der Waals surface area contributed by atoms with Crippen LogP contribution < -0.4 is 0 Å². The van der Waals surface area contributed by atoms with Crippen molar-refractivity contribution in [1.82, 2.24) is 9.78 Å². The number of nitrogens with zero attached hydrogens (tertiary/aromatic N) is 2. The molecule has 0 aliphatic rings. The molecular weight excluding hydrogens is 180 g/mol. The molecule has 4 nitrogen and oxygen atoms in total. The van der Waals surface area contributed by atoms with E-state index < -0.39 is 5.97 Å². The summed E-state index contributed by atoms with van der Waals surface area (Å²) in [6, 6.07) is 0. The number of hydrogen-bond donors (Lipinski definition) is 1. The summed E-state index contributed by atoms with van der Waals surface area (Å²) in [5, 5.41) is 12.9. The minimum Gasteiger partial charge on any atom is -0.478 e. The van der Waals surface area contributed by atoms with E-state index in [1.165, 1.54) is 0 Å². The minimum atomic E-state index is -0.899. The molecule has 0 saturated heterocycles. The fraction of sp³-hybridized carbons (Fsp3) is 0.600. The number of hydrogen-bond acceptors (Lipinski definition) is 2. The highest BCUT2D eigenvalue weighted by Crippen LogP contribution is 2.06. The zero-order valence-corrected chi connectivity index (χ0v) is 8.66. The first-order valence-corrected chi connectivity index (χ1v) is 4.92. The summed E-state index contributed by atoms with van der Waals surface area (Å²) in [5.74, 6) is -0.899. The van der Waals surface area contributed by atoms with Crippen LogP contribution in [0.15, 0.2) is 6.20 Å². The van der Waals surface area contributed by atoms with E-state index in [1.54, 1.807) is 17.8 Å². The molecule has 0 fully saturated rings. The number of unbranched alkanes of at least 4 members (excludes halogenated alkanes) is 2. The number of carboxylic acids is 1. The molecule has 0 aromatic carbocycles. The molecule has 78 valence electrons. The van der Waals surface area contributed by atoms with Crippen molar-refractivity contribution in [3.05, 3.63) is 17.5 Å². The number of carboxylic acid groups (broad SMARTS) is 1. The van der Waals surface area contributed by atoms with Gasteiger partial charge in [0.1, 0.15) is 5.56 Å². The van der Waals surface area contributed by atoms with Crippen molar-refractivity contribution in [1.29, 1.82) is 0 Å². The highest BCUT2D eigenvalue weighted by molar-refractivity contribution is 5.88. The Bertz CT molecular complexity index is 318. The van der Waals surface area contributed by atoms with Crippen LogP contribution in [-0.2, 0) is 6.54 Å². The lowest BCUT2D eigenvalue weighted by atomic mass is 10.2. The van der Waals surface area contributed by atoms with Gasteiger partial charge in [0.25, 0.3) is 0 Å². The Morgan fingerprint density at radius 3 is 2.79 bits per heavy atom. The van der Waals surface area contributed by atoms with E-state index in [2.05, 4.69) is 12.0 Å². The van der Waals surface area contributed by atoms with Gasteiger partial charge in [-0.05, 0) is 13.3 Å². The van der Waals surface area contributed by atoms with Crippen LogP contribution in [0.2, 0.25) is 0 Å². The van der Waals surface area contributed by atoms with Gasteiger partial charge in [-0.25, -0.2) is 4.79 Å². The molecule has 0 saturated carbocycles. The van der Waals surface area contributed by atoms with Crippen molar-refractivity contribution in [3.8, 4) is 0 Å². The first-order chi connectivity index (χ1) is 6.65. The third-order valence-electron chi connectivity index (χ3n) is 2.17. The van der Waals surface area contributed by atoms with Crippen molar-refractivity contribution < 1.29 is 9.90 Å². The predicted molar refractivity (Wildman–Crippen MR) is 53.4 cm³/mol. The van der Waals surface area contributed by atoms with Gasteiger partial charge in [-0.1, -0.05) is 19.8 Å². The van der Waals surface area contributed by atoms with E-state index in [9.17, 15) is 4.79 Å². The molecule has 14 heavy (non-hydrogen) atoms. The predicted octanol–water partition coefficient (Wildman–Crippen LogP) is 2.08. The van der Waals surface area contributed by atoms with E-state index >= 15 is 0 Å². The molecule has 0 amide bonds. The molecule has 1 rings (SSSR count). The highest BCUT2D eigenvalue weighted by atomic mass is 16.4.